The summed E-state index contributed by atoms with van der Waals surface area (Å²) >= 11 is 0. The molecule has 25 heavy (non-hydrogen) atoms. The molecule has 0 bridgehead atoms. The van der Waals surface area contributed by atoms with E-state index in [1.807, 2.05) is 6.07 Å². The Bertz CT molecular complexity index is 529. The van der Waals surface area contributed by atoms with Gasteiger partial charge in [0, 0.05) is 12.0 Å². The molecule has 2 rings (SSSR count). The monoisotopic (exact) mass is 347 g/mol. The molecule has 6 nitrogen and oxygen atoms in total. The number of rotatable bonds is 6. The lowest BCUT2D eigenvalue weighted by atomic mass is 9.88. The Morgan fingerprint density at radius 2 is 1.52 bits per heavy atom. The molecule has 138 valence electrons. The number of nitrogens with one attached hydrogen (secondary N) is 2. The average Bonchev–Trinajstić information content (AvgIpc) is 2.63. The number of nitriles is 1. The summed E-state index contributed by atoms with van der Waals surface area (Å²) in [7, 11) is 0. The van der Waals surface area contributed by atoms with E-state index in [-0.39, 0.29) is 17.9 Å². The molecule has 0 aliphatic heterocycles. The van der Waals surface area contributed by atoms with E-state index in [9.17, 15) is 19.6 Å². The van der Waals surface area contributed by atoms with Crippen LogP contribution >= 0.6 is 0 Å². The molecular formula is C19H29N3O3. The quantitative estimate of drug-likeness (QED) is 0.720. The number of amides is 2. The standard InChI is InChI=1S/C19H29N3O3/c1-13(21-18(24)14-8-4-2-5-9-14)17(23)16(12-20)19(25)22-15-10-6-3-7-11-15/h13-16H,2-11H2,1H3,(H,21,24)(H,22,25). The molecule has 2 fully saturated rings. The van der Waals surface area contributed by atoms with Gasteiger partial charge in [-0.05, 0) is 32.6 Å². The van der Waals surface area contributed by atoms with Gasteiger partial charge in [-0.1, -0.05) is 38.5 Å². The van der Waals surface area contributed by atoms with Crippen LogP contribution in [0.4, 0.5) is 0 Å². The average molecular weight is 347 g/mol. The smallest absolute Gasteiger partial charge is 0.245 e. The topological polar surface area (TPSA) is 99.1 Å². The minimum atomic E-state index is -1.36. The molecule has 0 spiro atoms. The van der Waals surface area contributed by atoms with Crippen molar-refractivity contribution in [1.82, 2.24) is 10.6 Å². The Morgan fingerprint density at radius 3 is 2.08 bits per heavy atom. The first-order valence-electron chi connectivity index (χ1n) is 9.57. The molecule has 2 atom stereocenters. The maximum atomic E-state index is 12.5. The zero-order valence-electron chi connectivity index (χ0n) is 15.1. The first-order chi connectivity index (χ1) is 12.0. The van der Waals surface area contributed by atoms with Crippen molar-refractivity contribution in [2.24, 2.45) is 11.8 Å². The molecular weight excluding hydrogens is 318 g/mol. The third-order valence-electron chi connectivity index (χ3n) is 5.39. The van der Waals surface area contributed by atoms with Crippen molar-refractivity contribution >= 4 is 17.6 Å². The summed E-state index contributed by atoms with van der Waals surface area (Å²) in [5.41, 5.74) is 0. The van der Waals surface area contributed by atoms with E-state index in [0.29, 0.717) is 0 Å². The van der Waals surface area contributed by atoms with Crippen molar-refractivity contribution in [3.63, 3.8) is 0 Å². The molecule has 0 saturated heterocycles. The minimum absolute atomic E-state index is 0.0528. The van der Waals surface area contributed by atoms with Crippen LogP contribution in [0.1, 0.15) is 71.1 Å². The van der Waals surface area contributed by atoms with Gasteiger partial charge >= 0.3 is 0 Å². The Morgan fingerprint density at radius 1 is 0.960 bits per heavy atom. The highest BCUT2D eigenvalue weighted by molar-refractivity contribution is 6.07. The molecule has 2 aliphatic carbocycles. The van der Waals surface area contributed by atoms with E-state index in [4.69, 9.17) is 0 Å². The lowest BCUT2D eigenvalue weighted by Gasteiger charge is -2.25. The second-order valence-electron chi connectivity index (χ2n) is 7.37. The van der Waals surface area contributed by atoms with Gasteiger partial charge in [0.05, 0.1) is 12.1 Å². The number of hydrogen-bond donors (Lipinski definition) is 2. The summed E-state index contributed by atoms with van der Waals surface area (Å²) in [6, 6.07) is 1.04. The molecule has 0 aromatic rings. The molecule has 0 heterocycles. The van der Waals surface area contributed by atoms with Gasteiger partial charge < -0.3 is 10.6 Å². The number of ketones is 1. The number of carbonyl (C=O) groups excluding carboxylic acids is 3. The van der Waals surface area contributed by atoms with Gasteiger partial charge in [-0.2, -0.15) is 5.26 Å². The maximum absolute atomic E-state index is 12.5. The van der Waals surface area contributed by atoms with E-state index < -0.39 is 23.7 Å². The SMILES string of the molecule is CC(NC(=O)C1CCCCC1)C(=O)C(C#N)C(=O)NC1CCCCC1. The normalized spacial score (nSPS) is 21.6. The summed E-state index contributed by atoms with van der Waals surface area (Å²) in [5, 5.41) is 14.8. The number of carbonyl (C=O) groups is 3. The summed E-state index contributed by atoms with van der Waals surface area (Å²) in [6.45, 7) is 1.56. The van der Waals surface area contributed by atoms with E-state index >= 15 is 0 Å². The number of hydrogen-bond acceptors (Lipinski definition) is 4. The van der Waals surface area contributed by atoms with Crippen LogP contribution in [0.25, 0.3) is 0 Å². The van der Waals surface area contributed by atoms with Gasteiger partial charge in [-0.3, -0.25) is 14.4 Å². The van der Waals surface area contributed by atoms with Crippen molar-refractivity contribution in [2.75, 3.05) is 0 Å². The fraction of sp³-hybridized carbons (Fsp3) is 0.789. The second-order valence-corrected chi connectivity index (χ2v) is 7.37. The number of Topliss-reactive ketones (excluding diaryl/α,β-unsaturated/α-hetero) is 1. The van der Waals surface area contributed by atoms with Crippen LogP contribution in [-0.2, 0) is 14.4 Å². The van der Waals surface area contributed by atoms with Crippen molar-refractivity contribution in [3.8, 4) is 6.07 Å². The molecule has 2 amide bonds. The highest BCUT2D eigenvalue weighted by Gasteiger charge is 2.33. The van der Waals surface area contributed by atoms with Gasteiger partial charge in [0.15, 0.2) is 11.7 Å². The van der Waals surface area contributed by atoms with Crippen LogP contribution < -0.4 is 10.6 Å². The lowest BCUT2D eigenvalue weighted by molar-refractivity contribution is -0.136. The van der Waals surface area contributed by atoms with Crippen molar-refractivity contribution < 1.29 is 14.4 Å². The molecule has 0 aromatic heterocycles. The molecule has 2 aliphatic rings. The van der Waals surface area contributed by atoms with E-state index in [1.54, 1.807) is 6.92 Å². The van der Waals surface area contributed by atoms with E-state index in [0.717, 1.165) is 64.2 Å². The van der Waals surface area contributed by atoms with Crippen LogP contribution in [0.3, 0.4) is 0 Å². The summed E-state index contributed by atoms with van der Waals surface area (Å²) < 4.78 is 0. The summed E-state index contributed by atoms with van der Waals surface area (Å²) in [4.78, 5) is 37.1. The lowest BCUT2D eigenvalue weighted by Crippen LogP contribution is -2.49. The predicted octanol–water partition coefficient (Wildman–Crippen LogP) is 2.23. The van der Waals surface area contributed by atoms with E-state index in [2.05, 4.69) is 10.6 Å². The Kier molecular flexibility index (Phi) is 7.42. The fourth-order valence-corrected chi connectivity index (χ4v) is 3.80. The van der Waals surface area contributed by atoms with Crippen LogP contribution in [0.15, 0.2) is 0 Å². The van der Waals surface area contributed by atoms with E-state index in [1.165, 1.54) is 0 Å². The molecule has 0 aromatic carbocycles. The Hall–Kier alpha value is -1.90. The minimum Gasteiger partial charge on any atom is -0.352 e. The summed E-state index contributed by atoms with van der Waals surface area (Å²) in [6.07, 6.45) is 9.97. The molecule has 6 heteroatoms. The first-order valence-corrected chi connectivity index (χ1v) is 9.57. The summed E-state index contributed by atoms with van der Waals surface area (Å²) in [5.74, 6) is -2.60. The van der Waals surface area contributed by atoms with Crippen molar-refractivity contribution in [1.29, 1.82) is 5.26 Å². The second kappa shape index (κ2) is 9.55. The molecule has 2 N–H and O–H groups in total. The van der Waals surface area contributed by atoms with Crippen molar-refractivity contribution in [2.45, 2.75) is 83.2 Å². The molecule has 2 unspecified atom stereocenters. The van der Waals surface area contributed by atoms with Crippen LogP contribution in [0.5, 0.6) is 0 Å². The third-order valence-corrected chi connectivity index (χ3v) is 5.39. The highest BCUT2D eigenvalue weighted by atomic mass is 16.2. The van der Waals surface area contributed by atoms with Crippen LogP contribution in [0.2, 0.25) is 0 Å². The highest BCUT2D eigenvalue weighted by Crippen LogP contribution is 2.24. The largest absolute Gasteiger partial charge is 0.352 e. The maximum Gasteiger partial charge on any atom is 0.245 e. The third kappa shape index (κ3) is 5.55. The zero-order chi connectivity index (χ0) is 18.2. The number of nitrogens with zero attached hydrogens (tertiary/aromatic N) is 1. The zero-order valence-corrected chi connectivity index (χ0v) is 15.1. The van der Waals surface area contributed by atoms with Crippen LogP contribution in [0, 0.1) is 23.2 Å². The molecule has 0 radical (unpaired) electrons. The van der Waals surface area contributed by atoms with Gasteiger partial charge in [0.2, 0.25) is 11.8 Å². The molecule has 2 saturated carbocycles. The van der Waals surface area contributed by atoms with Gasteiger partial charge in [-0.15, -0.1) is 0 Å². The Labute approximate surface area is 149 Å². The van der Waals surface area contributed by atoms with Gasteiger partial charge in [-0.25, -0.2) is 0 Å². The first kappa shape index (κ1) is 19.4. The van der Waals surface area contributed by atoms with Crippen LogP contribution in [-0.4, -0.2) is 29.7 Å². The van der Waals surface area contributed by atoms with Gasteiger partial charge in [0.1, 0.15) is 0 Å². The Balaban J connectivity index is 1.87. The fourth-order valence-electron chi connectivity index (χ4n) is 3.80. The van der Waals surface area contributed by atoms with Crippen molar-refractivity contribution in [3.05, 3.63) is 0 Å². The van der Waals surface area contributed by atoms with Gasteiger partial charge in [0.25, 0.3) is 0 Å². The predicted molar refractivity (Wildman–Crippen MR) is 93.3 cm³/mol.